The third-order valence-corrected chi connectivity index (χ3v) is 7.16. The van der Waals surface area contributed by atoms with Gasteiger partial charge in [-0.1, -0.05) is 12.8 Å². The number of carbonyl (C=O) groups excluding carboxylic acids is 3. The lowest BCUT2D eigenvalue weighted by Gasteiger charge is -2.16. The van der Waals surface area contributed by atoms with Gasteiger partial charge in [0.25, 0.3) is 0 Å². The summed E-state index contributed by atoms with van der Waals surface area (Å²) in [5, 5.41) is 7.57. The molecule has 0 saturated carbocycles. The lowest BCUT2D eigenvalue weighted by atomic mass is 10.0. The Kier molecular flexibility index (Phi) is 7.24. The highest BCUT2D eigenvalue weighted by Gasteiger charge is 2.51. The zero-order valence-corrected chi connectivity index (χ0v) is 15.6. The second-order valence-electron chi connectivity index (χ2n) is 6.99. The van der Waals surface area contributed by atoms with Crippen molar-refractivity contribution in [3.05, 3.63) is 0 Å². The van der Waals surface area contributed by atoms with E-state index in [1.54, 1.807) is 0 Å². The van der Waals surface area contributed by atoms with Crippen LogP contribution in [0.2, 0.25) is 0 Å². The molecule has 0 aromatic carbocycles. The quantitative estimate of drug-likeness (QED) is 0.280. The van der Waals surface area contributed by atoms with Crippen LogP contribution in [0, 0.1) is 0 Å². The van der Waals surface area contributed by atoms with Crippen molar-refractivity contribution >= 4 is 27.7 Å². The Labute approximate surface area is 153 Å². The maximum atomic E-state index is 12.2. The lowest BCUT2D eigenvalue weighted by Crippen LogP contribution is -2.39. The first-order valence-corrected chi connectivity index (χ1v) is 10.8. The zero-order chi connectivity index (χ0) is 19.2. The third-order valence-electron chi connectivity index (χ3n) is 4.89. The number of urea groups is 1. The van der Waals surface area contributed by atoms with Crippen molar-refractivity contribution in [1.82, 2.24) is 16.0 Å². The molecule has 0 bridgehead atoms. The van der Waals surface area contributed by atoms with E-state index in [-0.39, 0.29) is 35.7 Å². The number of hydrogen-bond donors (Lipinski definition) is 4. The fraction of sp³-hybridized carbons (Fsp3) is 0.812. The number of nitrogens with two attached hydrogens (primary N) is 1. The molecule has 26 heavy (non-hydrogen) atoms. The summed E-state index contributed by atoms with van der Waals surface area (Å²) in [5.41, 5.74) is 5.05. The van der Waals surface area contributed by atoms with E-state index in [4.69, 9.17) is 5.73 Å². The van der Waals surface area contributed by atoms with Gasteiger partial charge in [-0.25, -0.2) is 13.2 Å². The van der Waals surface area contributed by atoms with Crippen LogP contribution in [0.3, 0.4) is 0 Å². The first kappa shape index (κ1) is 20.5. The van der Waals surface area contributed by atoms with Crippen LogP contribution in [0.25, 0.3) is 0 Å². The SMILES string of the molecule is NC(=O)CCCCCNC(=O)CCCC[C@H]1[C@H]2NC(=O)N[C@H]2CS1(=O)=O. The monoisotopic (exact) mass is 388 g/mol. The van der Waals surface area contributed by atoms with E-state index in [0.29, 0.717) is 38.6 Å². The summed E-state index contributed by atoms with van der Waals surface area (Å²) in [6.07, 6.45) is 4.77. The van der Waals surface area contributed by atoms with E-state index in [2.05, 4.69) is 16.0 Å². The van der Waals surface area contributed by atoms with Gasteiger partial charge in [-0.3, -0.25) is 9.59 Å². The molecule has 0 aliphatic carbocycles. The topological polar surface area (TPSA) is 147 Å². The van der Waals surface area contributed by atoms with Gasteiger partial charge in [0.05, 0.1) is 23.1 Å². The largest absolute Gasteiger partial charge is 0.370 e. The maximum absolute atomic E-state index is 12.2. The molecule has 2 aliphatic heterocycles. The second-order valence-corrected chi connectivity index (χ2v) is 9.26. The molecule has 2 heterocycles. The van der Waals surface area contributed by atoms with Gasteiger partial charge in [-0.15, -0.1) is 0 Å². The molecule has 148 valence electrons. The first-order valence-electron chi connectivity index (χ1n) is 9.13. The van der Waals surface area contributed by atoms with Crippen LogP contribution in [0.5, 0.6) is 0 Å². The van der Waals surface area contributed by atoms with Crippen molar-refractivity contribution in [1.29, 1.82) is 0 Å². The van der Waals surface area contributed by atoms with E-state index in [1.165, 1.54) is 0 Å². The smallest absolute Gasteiger partial charge is 0.315 e. The fourth-order valence-corrected chi connectivity index (χ4v) is 5.82. The number of unbranched alkanes of at least 4 members (excludes halogenated alkanes) is 3. The Balaban J connectivity index is 1.57. The molecule has 2 aliphatic rings. The van der Waals surface area contributed by atoms with Crippen molar-refractivity contribution in [2.75, 3.05) is 12.3 Å². The molecule has 2 fully saturated rings. The Morgan fingerprint density at radius 2 is 1.81 bits per heavy atom. The average molecular weight is 388 g/mol. The average Bonchev–Trinajstić information content (AvgIpc) is 2.99. The molecular weight excluding hydrogens is 360 g/mol. The van der Waals surface area contributed by atoms with Crippen molar-refractivity contribution in [2.24, 2.45) is 5.73 Å². The Hall–Kier alpha value is -1.84. The van der Waals surface area contributed by atoms with E-state index in [9.17, 15) is 22.8 Å². The summed E-state index contributed by atoms with van der Waals surface area (Å²) in [6.45, 7) is 0.566. The first-order chi connectivity index (χ1) is 12.3. The molecular formula is C16H28N4O5S. The van der Waals surface area contributed by atoms with Gasteiger partial charge in [-0.05, 0) is 25.7 Å². The van der Waals surface area contributed by atoms with Gasteiger partial charge in [-0.2, -0.15) is 0 Å². The molecule has 0 spiro atoms. The van der Waals surface area contributed by atoms with Crippen LogP contribution in [0.4, 0.5) is 4.79 Å². The zero-order valence-electron chi connectivity index (χ0n) is 14.8. The minimum absolute atomic E-state index is 0.0166. The van der Waals surface area contributed by atoms with E-state index in [0.717, 1.165) is 19.3 Å². The van der Waals surface area contributed by atoms with E-state index >= 15 is 0 Å². The molecule has 5 N–H and O–H groups in total. The van der Waals surface area contributed by atoms with Crippen LogP contribution in [-0.4, -0.2) is 55.9 Å². The highest BCUT2D eigenvalue weighted by Crippen LogP contribution is 2.28. The summed E-state index contributed by atoms with van der Waals surface area (Å²) >= 11 is 0. The summed E-state index contributed by atoms with van der Waals surface area (Å²) in [6, 6.07) is -1.01. The van der Waals surface area contributed by atoms with Crippen LogP contribution in [-0.2, 0) is 19.4 Å². The van der Waals surface area contributed by atoms with Gasteiger partial charge < -0.3 is 21.7 Å². The van der Waals surface area contributed by atoms with Gasteiger partial charge >= 0.3 is 6.03 Å². The number of fused-ring (bicyclic) bond motifs is 1. The predicted octanol–water partition coefficient (Wildman–Crippen LogP) is -0.444. The molecule has 2 saturated heterocycles. The van der Waals surface area contributed by atoms with Gasteiger partial charge in [0.15, 0.2) is 9.84 Å². The Bertz CT molecular complexity index is 637. The predicted molar refractivity (Wildman–Crippen MR) is 96.0 cm³/mol. The van der Waals surface area contributed by atoms with Crippen molar-refractivity contribution < 1.29 is 22.8 Å². The van der Waals surface area contributed by atoms with Crippen LogP contribution < -0.4 is 21.7 Å². The summed E-state index contributed by atoms with van der Waals surface area (Å²) in [5.74, 6) is -0.377. The van der Waals surface area contributed by atoms with E-state index < -0.39 is 15.1 Å². The van der Waals surface area contributed by atoms with Crippen molar-refractivity contribution in [2.45, 2.75) is 68.7 Å². The van der Waals surface area contributed by atoms with Gasteiger partial charge in [0, 0.05) is 19.4 Å². The van der Waals surface area contributed by atoms with Crippen LogP contribution >= 0.6 is 0 Å². The number of primary amides is 1. The number of nitrogens with one attached hydrogen (secondary N) is 3. The summed E-state index contributed by atoms with van der Waals surface area (Å²) in [7, 11) is -3.21. The van der Waals surface area contributed by atoms with Crippen molar-refractivity contribution in [3.8, 4) is 0 Å². The number of sulfone groups is 1. The summed E-state index contributed by atoms with van der Waals surface area (Å²) < 4.78 is 24.4. The minimum atomic E-state index is -3.21. The number of rotatable bonds is 11. The number of amides is 4. The summed E-state index contributed by atoms with van der Waals surface area (Å²) in [4.78, 5) is 33.7. The second kappa shape index (κ2) is 9.20. The van der Waals surface area contributed by atoms with Gasteiger partial charge in [0.1, 0.15) is 0 Å². The highest BCUT2D eigenvalue weighted by molar-refractivity contribution is 7.92. The Morgan fingerprint density at radius 3 is 2.54 bits per heavy atom. The third kappa shape index (κ3) is 5.86. The highest BCUT2D eigenvalue weighted by atomic mass is 32.2. The maximum Gasteiger partial charge on any atom is 0.315 e. The number of hydrogen-bond acceptors (Lipinski definition) is 5. The molecule has 0 aromatic heterocycles. The normalized spacial score (nSPS) is 26.0. The van der Waals surface area contributed by atoms with Crippen LogP contribution in [0.15, 0.2) is 0 Å². The molecule has 2 rings (SSSR count). The molecule has 0 aromatic rings. The van der Waals surface area contributed by atoms with Crippen molar-refractivity contribution in [3.63, 3.8) is 0 Å². The van der Waals surface area contributed by atoms with Gasteiger partial charge in [0.2, 0.25) is 11.8 Å². The van der Waals surface area contributed by atoms with E-state index in [1.807, 2.05) is 0 Å². The fourth-order valence-electron chi connectivity index (χ4n) is 3.55. The van der Waals surface area contributed by atoms with Crippen LogP contribution in [0.1, 0.15) is 51.4 Å². The molecule has 0 unspecified atom stereocenters. The lowest BCUT2D eigenvalue weighted by molar-refractivity contribution is -0.121. The number of carbonyl (C=O) groups is 3. The molecule has 9 nitrogen and oxygen atoms in total. The molecule has 3 atom stereocenters. The molecule has 0 radical (unpaired) electrons. The molecule has 4 amide bonds. The minimum Gasteiger partial charge on any atom is -0.370 e. The standard InChI is InChI=1S/C16H28N4O5S/c17-13(21)7-2-1-5-9-18-14(22)8-4-3-6-12-15-11(10-26(12,24)25)19-16(23)20-15/h11-12,15H,1-10H2,(H2,17,21)(H,18,22)(H2,19,20,23)/t11-,12-,15-/m0/s1. The Morgan fingerprint density at radius 1 is 1.08 bits per heavy atom. The molecule has 10 heteroatoms.